The molecule has 1 aromatic carbocycles. The van der Waals surface area contributed by atoms with Gasteiger partial charge in [-0.3, -0.25) is 19.4 Å². The number of rotatable bonds is 19. The second-order valence-electron chi connectivity index (χ2n) is 10.7. The number of nitrogens with two attached hydrogens (primary N) is 4. The first-order valence-corrected chi connectivity index (χ1v) is 14.8. The van der Waals surface area contributed by atoms with Crippen LogP contribution in [-0.4, -0.2) is 87.0 Å². The Labute approximate surface area is 260 Å². The van der Waals surface area contributed by atoms with Crippen molar-refractivity contribution in [2.24, 2.45) is 27.9 Å². The molecule has 0 radical (unpaired) electrons. The molecule has 0 saturated carbocycles. The van der Waals surface area contributed by atoms with E-state index in [1.54, 1.807) is 6.20 Å². The van der Waals surface area contributed by atoms with Crippen LogP contribution in [0.15, 0.2) is 48.0 Å². The Morgan fingerprint density at radius 1 is 0.889 bits per heavy atom. The third-order valence-corrected chi connectivity index (χ3v) is 7.21. The molecule has 16 heteroatoms. The standard InChI is InChI=1S/C29H43N11O5/c30-10-4-3-9-22(26(42)40-24(28(44)45)13-18-15-34-16-37-18)38-27(43)23(12-17-14-36-21-8-2-1-6-19(17)21)39-25(41)20(31)7-5-11-35-29(32)33/h1-2,6,8,14-16,20,22-24,36H,3-5,7,9-13,30-31H2,(H,34,37)(H,38,43)(H,39,41)(H,40,42)(H,44,45)(H4,32,33,35). The van der Waals surface area contributed by atoms with Crippen molar-refractivity contribution in [2.45, 2.75) is 69.1 Å². The van der Waals surface area contributed by atoms with Gasteiger partial charge in [-0.05, 0) is 50.3 Å². The summed E-state index contributed by atoms with van der Waals surface area (Å²) in [7, 11) is 0. The summed E-state index contributed by atoms with van der Waals surface area (Å²) in [5.41, 5.74) is 24.6. The molecule has 2 aromatic heterocycles. The molecule has 244 valence electrons. The number of hydrogen-bond acceptors (Lipinski definition) is 8. The monoisotopic (exact) mass is 625 g/mol. The van der Waals surface area contributed by atoms with E-state index in [1.807, 2.05) is 24.3 Å². The van der Waals surface area contributed by atoms with Crippen molar-refractivity contribution in [3.63, 3.8) is 0 Å². The molecular weight excluding hydrogens is 582 g/mol. The van der Waals surface area contributed by atoms with Crippen molar-refractivity contribution in [2.75, 3.05) is 13.1 Å². The van der Waals surface area contributed by atoms with Gasteiger partial charge in [0.05, 0.1) is 12.4 Å². The fraction of sp³-hybridized carbons (Fsp3) is 0.448. The molecule has 3 rings (SSSR count). The Morgan fingerprint density at radius 2 is 1.60 bits per heavy atom. The average molecular weight is 626 g/mol. The van der Waals surface area contributed by atoms with Crippen molar-refractivity contribution in [1.29, 1.82) is 0 Å². The van der Waals surface area contributed by atoms with Crippen LogP contribution >= 0.6 is 0 Å². The highest BCUT2D eigenvalue weighted by Gasteiger charge is 2.31. The van der Waals surface area contributed by atoms with Crippen LogP contribution in [-0.2, 0) is 32.0 Å². The van der Waals surface area contributed by atoms with Crippen molar-refractivity contribution in [1.82, 2.24) is 30.9 Å². The van der Waals surface area contributed by atoms with Crippen molar-refractivity contribution in [3.05, 3.63) is 54.2 Å². The van der Waals surface area contributed by atoms with Gasteiger partial charge in [-0.15, -0.1) is 0 Å². The van der Waals surface area contributed by atoms with Crippen LogP contribution in [0.4, 0.5) is 0 Å². The number of guanidine groups is 1. The number of hydrogen-bond donors (Lipinski definition) is 10. The zero-order valence-electron chi connectivity index (χ0n) is 25.0. The van der Waals surface area contributed by atoms with Crippen molar-refractivity contribution < 1.29 is 24.3 Å². The molecule has 14 N–H and O–H groups in total. The maximum absolute atomic E-state index is 13.8. The highest BCUT2D eigenvalue weighted by molar-refractivity contribution is 5.95. The zero-order chi connectivity index (χ0) is 32.8. The van der Waals surface area contributed by atoms with Crippen molar-refractivity contribution in [3.8, 4) is 0 Å². The van der Waals surface area contributed by atoms with Crippen LogP contribution in [0.25, 0.3) is 10.9 Å². The van der Waals surface area contributed by atoms with Crippen LogP contribution in [0.1, 0.15) is 43.4 Å². The molecule has 4 unspecified atom stereocenters. The topological polar surface area (TPSA) is 286 Å². The quantitative estimate of drug-likeness (QED) is 0.0428. The Bertz CT molecular complexity index is 1440. The molecule has 0 aliphatic heterocycles. The summed E-state index contributed by atoms with van der Waals surface area (Å²) in [5, 5.41) is 18.6. The number of imidazole rings is 1. The third-order valence-electron chi connectivity index (χ3n) is 7.21. The normalized spacial score (nSPS) is 13.7. The number of aliphatic carboxylic acids is 1. The van der Waals surface area contributed by atoms with Crippen molar-refractivity contribution >= 4 is 40.6 Å². The predicted molar refractivity (Wildman–Crippen MR) is 169 cm³/mol. The number of aliphatic imine (C=N–C) groups is 1. The number of carboxylic acids is 1. The number of fused-ring (bicyclic) bond motifs is 1. The predicted octanol–water partition coefficient (Wildman–Crippen LogP) is -1.27. The first-order valence-electron chi connectivity index (χ1n) is 14.8. The molecule has 4 atom stereocenters. The molecule has 16 nitrogen and oxygen atoms in total. The minimum atomic E-state index is -1.27. The van der Waals surface area contributed by atoms with E-state index in [0.717, 1.165) is 16.5 Å². The zero-order valence-corrected chi connectivity index (χ0v) is 25.0. The van der Waals surface area contributed by atoms with Crippen LogP contribution in [0.5, 0.6) is 0 Å². The van der Waals surface area contributed by atoms with Gasteiger partial charge in [-0.2, -0.15) is 0 Å². The number of nitrogens with one attached hydrogen (secondary N) is 5. The number of H-pyrrole nitrogens is 2. The minimum Gasteiger partial charge on any atom is -0.480 e. The molecule has 3 aromatic rings. The largest absolute Gasteiger partial charge is 0.480 e. The van der Waals surface area contributed by atoms with Gasteiger partial charge in [0.25, 0.3) is 0 Å². The minimum absolute atomic E-state index is 0.0368. The summed E-state index contributed by atoms with van der Waals surface area (Å²) in [5.74, 6) is -3.18. The number of aromatic nitrogens is 3. The maximum Gasteiger partial charge on any atom is 0.326 e. The first-order chi connectivity index (χ1) is 21.6. The van der Waals surface area contributed by atoms with Gasteiger partial charge in [0.15, 0.2) is 5.96 Å². The second kappa shape index (κ2) is 17.4. The number of unbranched alkanes of at least 4 members (excludes halogenated alkanes) is 1. The Morgan fingerprint density at radius 3 is 2.29 bits per heavy atom. The molecule has 0 aliphatic rings. The summed E-state index contributed by atoms with van der Waals surface area (Å²) < 4.78 is 0. The summed E-state index contributed by atoms with van der Waals surface area (Å²) in [4.78, 5) is 65.9. The molecule has 45 heavy (non-hydrogen) atoms. The number of para-hydroxylation sites is 1. The highest BCUT2D eigenvalue weighted by Crippen LogP contribution is 2.19. The van der Waals surface area contributed by atoms with Gasteiger partial charge in [-0.1, -0.05) is 18.2 Å². The van der Waals surface area contributed by atoms with E-state index in [0.29, 0.717) is 38.0 Å². The fourth-order valence-corrected chi connectivity index (χ4v) is 4.78. The molecule has 0 spiro atoms. The number of benzene rings is 1. The lowest BCUT2D eigenvalue weighted by atomic mass is 10.0. The molecule has 0 fully saturated rings. The summed E-state index contributed by atoms with van der Waals surface area (Å²) in [6.45, 7) is 0.667. The molecule has 0 aliphatic carbocycles. The summed E-state index contributed by atoms with van der Waals surface area (Å²) in [6.07, 6.45) is 6.67. The van der Waals surface area contributed by atoms with Crippen LogP contribution in [0.2, 0.25) is 0 Å². The number of amides is 3. The van der Waals surface area contributed by atoms with Gasteiger partial charge in [0.1, 0.15) is 18.1 Å². The van der Waals surface area contributed by atoms with E-state index in [2.05, 4.69) is 35.9 Å². The average Bonchev–Trinajstić information content (AvgIpc) is 3.68. The van der Waals surface area contributed by atoms with Crippen LogP contribution in [0.3, 0.4) is 0 Å². The van der Waals surface area contributed by atoms with Gasteiger partial charge in [0, 0.05) is 48.4 Å². The lowest BCUT2D eigenvalue weighted by Crippen LogP contribution is -2.57. The Hall–Kier alpha value is -4.96. The lowest BCUT2D eigenvalue weighted by Gasteiger charge is -2.25. The van der Waals surface area contributed by atoms with Gasteiger partial charge >= 0.3 is 5.97 Å². The molecule has 0 bridgehead atoms. The van der Waals surface area contributed by atoms with E-state index in [1.165, 1.54) is 12.5 Å². The second-order valence-corrected chi connectivity index (χ2v) is 10.7. The Balaban J connectivity index is 1.79. The SMILES string of the molecule is NCCCCC(NC(=O)C(Cc1c[nH]c2ccccc12)NC(=O)C(N)CCCN=C(N)N)C(=O)NC(Cc1cnc[nH]1)C(=O)O. The highest BCUT2D eigenvalue weighted by atomic mass is 16.4. The van der Waals surface area contributed by atoms with Crippen LogP contribution < -0.4 is 38.9 Å². The van der Waals surface area contributed by atoms with E-state index < -0.39 is 47.9 Å². The third kappa shape index (κ3) is 10.9. The van der Waals surface area contributed by atoms with Gasteiger partial charge < -0.3 is 54.0 Å². The summed E-state index contributed by atoms with van der Waals surface area (Å²) >= 11 is 0. The van der Waals surface area contributed by atoms with Gasteiger partial charge in [0.2, 0.25) is 17.7 Å². The fourth-order valence-electron chi connectivity index (χ4n) is 4.78. The van der Waals surface area contributed by atoms with Crippen LogP contribution in [0, 0.1) is 0 Å². The molecule has 0 saturated heterocycles. The number of carbonyl (C=O) groups excluding carboxylic acids is 3. The number of aromatic amines is 2. The molecular formula is C29H43N11O5. The molecule has 3 amide bonds. The van der Waals surface area contributed by atoms with E-state index in [4.69, 9.17) is 22.9 Å². The van der Waals surface area contributed by atoms with Gasteiger partial charge in [-0.25, -0.2) is 9.78 Å². The van der Waals surface area contributed by atoms with E-state index in [9.17, 15) is 24.3 Å². The molecule has 2 heterocycles. The maximum atomic E-state index is 13.8. The van der Waals surface area contributed by atoms with E-state index in [-0.39, 0.29) is 31.6 Å². The number of carboxylic acid groups (broad SMARTS) is 1. The smallest absolute Gasteiger partial charge is 0.326 e. The first kappa shape index (κ1) is 34.5. The number of nitrogens with zero attached hydrogens (tertiary/aromatic N) is 2. The van der Waals surface area contributed by atoms with E-state index >= 15 is 0 Å². The lowest BCUT2D eigenvalue weighted by molar-refractivity contribution is -0.142. The Kier molecular flexibility index (Phi) is 13.3. The number of carbonyl (C=O) groups is 4. The summed E-state index contributed by atoms with van der Waals surface area (Å²) in [6, 6.07) is 3.09.